The van der Waals surface area contributed by atoms with E-state index in [0.29, 0.717) is 24.1 Å². The van der Waals surface area contributed by atoms with Crippen molar-refractivity contribution in [3.63, 3.8) is 0 Å². The zero-order valence-electron chi connectivity index (χ0n) is 14.3. The maximum atomic E-state index is 13.0. The first-order valence-corrected chi connectivity index (χ1v) is 9.05. The van der Waals surface area contributed by atoms with E-state index < -0.39 is 0 Å². The third-order valence-electron chi connectivity index (χ3n) is 5.91. The molecule has 2 atom stereocenters. The molecule has 3 heterocycles. The molecule has 3 aliphatic heterocycles. The van der Waals surface area contributed by atoms with Crippen LogP contribution >= 0.6 is 0 Å². The molecule has 5 heteroatoms. The normalized spacial score (nSPS) is 27.6. The molecule has 3 saturated heterocycles. The largest absolute Gasteiger partial charge is 0.337 e. The Hall–Kier alpha value is -1.88. The van der Waals surface area contributed by atoms with Gasteiger partial charge in [0.25, 0.3) is 5.91 Å². The van der Waals surface area contributed by atoms with Gasteiger partial charge in [-0.3, -0.25) is 14.5 Å². The molecule has 0 spiro atoms. The maximum Gasteiger partial charge on any atom is 0.253 e. The van der Waals surface area contributed by atoms with E-state index >= 15 is 0 Å². The Labute approximate surface area is 143 Å². The van der Waals surface area contributed by atoms with Gasteiger partial charge < -0.3 is 9.80 Å². The van der Waals surface area contributed by atoms with E-state index in [-0.39, 0.29) is 11.8 Å². The zero-order valence-corrected chi connectivity index (χ0v) is 14.3. The fourth-order valence-electron chi connectivity index (χ4n) is 4.40. The van der Waals surface area contributed by atoms with E-state index in [4.69, 9.17) is 0 Å². The van der Waals surface area contributed by atoms with Gasteiger partial charge in [-0.05, 0) is 50.9 Å². The monoisotopic (exact) mass is 327 g/mol. The molecule has 0 aliphatic carbocycles. The van der Waals surface area contributed by atoms with Gasteiger partial charge in [0.15, 0.2) is 0 Å². The van der Waals surface area contributed by atoms with Crippen LogP contribution in [0.3, 0.4) is 0 Å². The van der Waals surface area contributed by atoms with Gasteiger partial charge in [-0.15, -0.1) is 0 Å². The number of likely N-dealkylation sites (N-methyl/N-ethyl adjacent to an activating group) is 1. The maximum absolute atomic E-state index is 13.0. The van der Waals surface area contributed by atoms with Gasteiger partial charge in [0.05, 0.1) is 0 Å². The number of hydrogen-bond acceptors (Lipinski definition) is 3. The van der Waals surface area contributed by atoms with Crippen LogP contribution in [0.1, 0.15) is 42.5 Å². The number of benzene rings is 1. The summed E-state index contributed by atoms with van der Waals surface area (Å²) in [7, 11) is 2.19. The summed E-state index contributed by atoms with van der Waals surface area (Å²) in [4.78, 5) is 31.2. The Morgan fingerprint density at radius 1 is 1.12 bits per heavy atom. The van der Waals surface area contributed by atoms with Gasteiger partial charge in [0.1, 0.15) is 0 Å². The molecule has 24 heavy (non-hydrogen) atoms. The molecular weight excluding hydrogens is 302 g/mol. The number of hydrogen-bond donors (Lipinski definition) is 0. The summed E-state index contributed by atoms with van der Waals surface area (Å²) in [6, 6.07) is 8.70. The summed E-state index contributed by atoms with van der Waals surface area (Å²) < 4.78 is 0. The first-order valence-electron chi connectivity index (χ1n) is 9.05. The molecule has 1 aromatic carbocycles. The molecular formula is C19H25N3O2. The van der Waals surface area contributed by atoms with Crippen molar-refractivity contribution in [1.29, 1.82) is 0 Å². The number of anilines is 1. The van der Waals surface area contributed by atoms with Crippen LogP contribution in [0, 0.1) is 0 Å². The lowest BCUT2D eigenvalue weighted by Crippen LogP contribution is -2.39. The van der Waals surface area contributed by atoms with E-state index in [1.54, 1.807) is 4.90 Å². The number of fused-ring (bicyclic) bond motifs is 2. The first kappa shape index (κ1) is 15.6. The Bertz CT molecular complexity index is 660. The Morgan fingerprint density at radius 2 is 1.96 bits per heavy atom. The minimum Gasteiger partial charge on any atom is -0.337 e. The number of amides is 2. The quantitative estimate of drug-likeness (QED) is 0.836. The average Bonchev–Trinajstić information content (AvgIpc) is 3.10. The summed E-state index contributed by atoms with van der Waals surface area (Å²) >= 11 is 0. The fraction of sp³-hybridized carbons (Fsp3) is 0.579. The predicted molar refractivity (Wildman–Crippen MR) is 93.1 cm³/mol. The number of nitrogens with zero attached hydrogens (tertiary/aromatic N) is 3. The van der Waals surface area contributed by atoms with Gasteiger partial charge in [-0.25, -0.2) is 0 Å². The summed E-state index contributed by atoms with van der Waals surface area (Å²) in [5.74, 6) is 0.262. The average molecular weight is 327 g/mol. The molecule has 0 N–H and O–H groups in total. The Balaban J connectivity index is 1.53. The predicted octanol–water partition coefficient (Wildman–Crippen LogP) is 2.12. The highest BCUT2D eigenvalue weighted by molar-refractivity contribution is 5.99. The van der Waals surface area contributed by atoms with Crippen LogP contribution in [0.4, 0.5) is 5.69 Å². The Kier molecular flexibility index (Phi) is 4.04. The van der Waals surface area contributed by atoms with E-state index in [9.17, 15) is 9.59 Å². The topological polar surface area (TPSA) is 43.9 Å². The van der Waals surface area contributed by atoms with Crippen LogP contribution in [0.25, 0.3) is 0 Å². The van der Waals surface area contributed by atoms with E-state index in [1.165, 1.54) is 12.8 Å². The van der Waals surface area contributed by atoms with Gasteiger partial charge in [0.2, 0.25) is 5.91 Å². The zero-order chi connectivity index (χ0) is 16.7. The highest BCUT2D eigenvalue weighted by Gasteiger charge is 2.36. The summed E-state index contributed by atoms with van der Waals surface area (Å²) in [6.45, 7) is 2.41. The SMILES string of the molecule is CN1C2CCC1CN(C(=O)c1cccc(N3CCCC3=O)c1)CC2. The van der Waals surface area contributed by atoms with Crippen molar-refractivity contribution < 1.29 is 9.59 Å². The van der Waals surface area contributed by atoms with E-state index in [1.807, 2.05) is 29.2 Å². The smallest absolute Gasteiger partial charge is 0.253 e. The lowest BCUT2D eigenvalue weighted by molar-refractivity contribution is -0.117. The third-order valence-corrected chi connectivity index (χ3v) is 5.91. The van der Waals surface area contributed by atoms with Crippen molar-refractivity contribution in [2.45, 2.75) is 44.2 Å². The van der Waals surface area contributed by atoms with Gasteiger partial charge in [-0.2, -0.15) is 0 Å². The number of carbonyl (C=O) groups excluding carboxylic acids is 2. The standard InChI is InChI=1S/C19H25N3O2/c1-20-15-7-8-17(20)13-21(11-9-15)19(24)14-4-2-5-16(12-14)22-10-3-6-18(22)23/h2,4-5,12,15,17H,3,6-11,13H2,1H3. The fourth-order valence-corrected chi connectivity index (χ4v) is 4.40. The summed E-state index contributed by atoms with van der Waals surface area (Å²) in [5.41, 5.74) is 1.56. The lowest BCUT2D eigenvalue weighted by atomic mass is 10.1. The van der Waals surface area contributed by atoms with Crippen molar-refractivity contribution in [1.82, 2.24) is 9.80 Å². The van der Waals surface area contributed by atoms with Crippen LogP contribution in [0.5, 0.6) is 0 Å². The summed E-state index contributed by atoms with van der Waals surface area (Å²) in [6.07, 6.45) is 5.02. The van der Waals surface area contributed by atoms with Crippen molar-refractivity contribution in [3.05, 3.63) is 29.8 Å². The minimum atomic E-state index is 0.101. The molecule has 2 bridgehead atoms. The molecule has 2 amide bonds. The molecule has 0 radical (unpaired) electrons. The van der Waals surface area contributed by atoms with Crippen LogP contribution in [0.2, 0.25) is 0 Å². The summed E-state index contributed by atoms with van der Waals surface area (Å²) in [5, 5.41) is 0. The second-order valence-corrected chi connectivity index (χ2v) is 7.29. The molecule has 1 aromatic rings. The van der Waals surface area contributed by atoms with Crippen molar-refractivity contribution in [2.24, 2.45) is 0 Å². The van der Waals surface area contributed by atoms with Crippen molar-refractivity contribution in [3.8, 4) is 0 Å². The molecule has 0 aromatic heterocycles. The lowest BCUT2D eigenvalue weighted by Gasteiger charge is -2.26. The molecule has 3 fully saturated rings. The third kappa shape index (κ3) is 2.71. The van der Waals surface area contributed by atoms with Crippen molar-refractivity contribution in [2.75, 3.05) is 31.6 Å². The van der Waals surface area contributed by atoms with E-state index in [0.717, 1.165) is 38.2 Å². The molecule has 128 valence electrons. The highest BCUT2D eigenvalue weighted by Crippen LogP contribution is 2.29. The van der Waals surface area contributed by atoms with Gasteiger partial charge in [-0.1, -0.05) is 6.07 Å². The van der Waals surface area contributed by atoms with Crippen LogP contribution in [-0.2, 0) is 4.79 Å². The van der Waals surface area contributed by atoms with E-state index in [2.05, 4.69) is 11.9 Å². The number of carbonyl (C=O) groups is 2. The first-order chi connectivity index (χ1) is 11.6. The second-order valence-electron chi connectivity index (χ2n) is 7.29. The van der Waals surface area contributed by atoms with Crippen molar-refractivity contribution >= 4 is 17.5 Å². The molecule has 2 unspecified atom stereocenters. The molecule has 4 rings (SSSR count). The number of rotatable bonds is 2. The molecule has 3 aliphatic rings. The molecule has 0 saturated carbocycles. The Morgan fingerprint density at radius 3 is 2.75 bits per heavy atom. The van der Waals surface area contributed by atoms with Crippen LogP contribution in [-0.4, -0.2) is 60.4 Å². The highest BCUT2D eigenvalue weighted by atomic mass is 16.2. The second kappa shape index (κ2) is 6.20. The van der Waals surface area contributed by atoms with Crippen LogP contribution < -0.4 is 4.90 Å². The van der Waals surface area contributed by atoms with Gasteiger partial charge in [0, 0.05) is 49.4 Å². The minimum absolute atomic E-state index is 0.101. The molecule has 5 nitrogen and oxygen atoms in total. The van der Waals surface area contributed by atoms with Crippen LogP contribution in [0.15, 0.2) is 24.3 Å². The van der Waals surface area contributed by atoms with Gasteiger partial charge >= 0.3 is 0 Å². The number of likely N-dealkylation sites (tertiary alicyclic amines) is 1.